The Hall–Kier alpha value is -1.15. The Morgan fingerprint density at radius 3 is 2.79 bits per heavy atom. The Morgan fingerprint density at radius 1 is 1.29 bits per heavy atom. The van der Waals surface area contributed by atoms with Gasteiger partial charge in [0.05, 0.1) is 15.2 Å². The summed E-state index contributed by atoms with van der Waals surface area (Å²) in [6.45, 7) is 6.23. The molecule has 0 spiro atoms. The minimum absolute atomic E-state index is 1.14. The summed E-state index contributed by atoms with van der Waals surface area (Å²) in [4.78, 5) is 4.54. The molecular formula is C12H13NS. The lowest BCUT2D eigenvalue weighted by Crippen LogP contribution is -1.82. The SMILES string of the molecule is C/C=C/c1ccc2sc(C)nc2c1C. The molecule has 1 heterocycles. The minimum Gasteiger partial charge on any atom is -0.241 e. The van der Waals surface area contributed by atoms with Gasteiger partial charge in [-0.25, -0.2) is 4.98 Å². The number of thiazole rings is 1. The molecule has 0 saturated carbocycles. The van der Waals surface area contributed by atoms with E-state index < -0.39 is 0 Å². The van der Waals surface area contributed by atoms with Crippen LogP contribution in [0.2, 0.25) is 0 Å². The van der Waals surface area contributed by atoms with Gasteiger partial charge in [0.2, 0.25) is 0 Å². The summed E-state index contributed by atoms with van der Waals surface area (Å²) in [5.41, 5.74) is 3.71. The predicted octanol–water partition coefficient (Wildman–Crippen LogP) is 3.95. The van der Waals surface area contributed by atoms with Crippen LogP contribution in [0, 0.1) is 13.8 Å². The molecule has 2 rings (SSSR count). The first-order valence-electron chi connectivity index (χ1n) is 4.72. The van der Waals surface area contributed by atoms with Crippen molar-refractivity contribution in [2.75, 3.05) is 0 Å². The fourth-order valence-corrected chi connectivity index (χ4v) is 2.50. The predicted molar refractivity (Wildman–Crippen MR) is 63.8 cm³/mol. The second-order valence-electron chi connectivity index (χ2n) is 3.36. The highest BCUT2D eigenvalue weighted by molar-refractivity contribution is 7.18. The molecule has 1 nitrogen and oxygen atoms in total. The normalized spacial score (nSPS) is 11.6. The number of aryl methyl sites for hydroxylation is 2. The van der Waals surface area contributed by atoms with Crippen LogP contribution in [0.25, 0.3) is 16.3 Å². The van der Waals surface area contributed by atoms with E-state index in [1.807, 2.05) is 6.92 Å². The Morgan fingerprint density at radius 2 is 2.07 bits per heavy atom. The van der Waals surface area contributed by atoms with E-state index in [9.17, 15) is 0 Å². The monoisotopic (exact) mass is 203 g/mol. The van der Waals surface area contributed by atoms with E-state index in [1.54, 1.807) is 11.3 Å². The van der Waals surface area contributed by atoms with Crippen molar-refractivity contribution in [1.29, 1.82) is 0 Å². The van der Waals surface area contributed by atoms with Crippen molar-refractivity contribution in [2.45, 2.75) is 20.8 Å². The molecule has 72 valence electrons. The first kappa shape index (κ1) is 9.41. The van der Waals surface area contributed by atoms with E-state index in [0.717, 1.165) is 10.5 Å². The van der Waals surface area contributed by atoms with Gasteiger partial charge < -0.3 is 0 Å². The largest absolute Gasteiger partial charge is 0.241 e. The van der Waals surface area contributed by atoms with Crippen molar-refractivity contribution in [1.82, 2.24) is 4.98 Å². The van der Waals surface area contributed by atoms with E-state index in [2.05, 4.69) is 43.1 Å². The van der Waals surface area contributed by atoms with Crippen LogP contribution in [-0.4, -0.2) is 4.98 Å². The first-order chi connectivity index (χ1) is 6.72. The van der Waals surface area contributed by atoms with Gasteiger partial charge in [-0.2, -0.15) is 0 Å². The fourth-order valence-electron chi connectivity index (χ4n) is 1.61. The Balaban J connectivity index is 2.73. The fraction of sp³-hybridized carbons (Fsp3) is 0.250. The lowest BCUT2D eigenvalue weighted by molar-refractivity contribution is 1.32. The Labute approximate surface area is 88.1 Å². The summed E-state index contributed by atoms with van der Waals surface area (Å²) in [6, 6.07) is 4.32. The van der Waals surface area contributed by atoms with Gasteiger partial charge >= 0.3 is 0 Å². The van der Waals surface area contributed by atoms with Crippen molar-refractivity contribution in [3.63, 3.8) is 0 Å². The van der Waals surface area contributed by atoms with Crippen LogP contribution in [-0.2, 0) is 0 Å². The average molecular weight is 203 g/mol. The van der Waals surface area contributed by atoms with Crippen LogP contribution in [0.3, 0.4) is 0 Å². The summed E-state index contributed by atoms with van der Waals surface area (Å²) < 4.78 is 1.29. The first-order valence-corrected chi connectivity index (χ1v) is 5.53. The molecule has 0 fully saturated rings. The molecule has 0 amide bonds. The molecule has 14 heavy (non-hydrogen) atoms. The molecule has 0 saturated heterocycles. The standard InChI is InChI=1S/C12H13NS/c1-4-5-10-6-7-11-12(8(10)2)13-9(3)14-11/h4-7H,1-3H3/b5-4+. The summed E-state index contributed by atoms with van der Waals surface area (Å²) in [5, 5.41) is 1.14. The Kier molecular flexibility index (Phi) is 2.38. The summed E-state index contributed by atoms with van der Waals surface area (Å²) in [7, 11) is 0. The topological polar surface area (TPSA) is 12.9 Å². The maximum absolute atomic E-state index is 4.54. The highest BCUT2D eigenvalue weighted by Gasteiger charge is 2.05. The van der Waals surface area contributed by atoms with E-state index in [0.29, 0.717) is 0 Å². The minimum atomic E-state index is 1.14. The third-order valence-electron chi connectivity index (χ3n) is 2.31. The van der Waals surface area contributed by atoms with Gasteiger partial charge in [0.1, 0.15) is 0 Å². The molecular weight excluding hydrogens is 190 g/mol. The lowest BCUT2D eigenvalue weighted by Gasteiger charge is -1.99. The zero-order valence-corrected chi connectivity index (χ0v) is 9.48. The maximum atomic E-state index is 4.54. The van der Waals surface area contributed by atoms with Crippen LogP contribution in [0.15, 0.2) is 18.2 Å². The van der Waals surface area contributed by atoms with Crippen LogP contribution >= 0.6 is 11.3 Å². The Bertz CT molecular complexity index is 494. The van der Waals surface area contributed by atoms with E-state index in [4.69, 9.17) is 0 Å². The molecule has 0 radical (unpaired) electrons. The number of aromatic nitrogens is 1. The molecule has 1 aromatic heterocycles. The molecule has 0 aliphatic heterocycles. The van der Waals surface area contributed by atoms with E-state index >= 15 is 0 Å². The third-order valence-corrected chi connectivity index (χ3v) is 3.25. The van der Waals surface area contributed by atoms with Gasteiger partial charge in [0, 0.05) is 0 Å². The zero-order chi connectivity index (χ0) is 10.1. The van der Waals surface area contributed by atoms with Gasteiger partial charge in [0.25, 0.3) is 0 Å². The number of hydrogen-bond acceptors (Lipinski definition) is 2. The van der Waals surface area contributed by atoms with Crippen molar-refractivity contribution < 1.29 is 0 Å². The second kappa shape index (κ2) is 3.54. The van der Waals surface area contributed by atoms with Crippen LogP contribution in [0.4, 0.5) is 0 Å². The average Bonchev–Trinajstić information content (AvgIpc) is 2.52. The molecule has 1 aromatic carbocycles. The highest BCUT2D eigenvalue weighted by atomic mass is 32.1. The van der Waals surface area contributed by atoms with Gasteiger partial charge in [-0.15, -0.1) is 11.3 Å². The molecule has 2 aromatic rings. The van der Waals surface area contributed by atoms with Crippen molar-refractivity contribution in [3.8, 4) is 0 Å². The van der Waals surface area contributed by atoms with Crippen molar-refractivity contribution in [3.05, 3.63) is 34.3 Å². The summed E-state index contributed by atoms with van der Waals surface area (Å²) >= 11 is 1.76. The van der Waals surface area contributed by atoms with Crippen LogP contribution in [0.1, 0.15) is 23.1 Å². The van der Waals surface area contributed by atoms with Gasteiger partial charge in [-0.1, -0.05) is 18.2 Å². The number of benzene rings is 1. The zero-order valence-electron chi connectivity index (χ0n) is 8.66. The smallest absolute Gasteiger partial charge is 0.0907 e. The summed E-state index contributed by atoms with van der Waals surface area (Å²) in [6.07, 6.45) is 4.19. The number of fused-ring (bicyclic) bond motifs is 1. The lowest BCUT2D eigenvalue weighted by atomic mass is 10.1. The highest BCUT2D eigenvalue weighted by Crippen LogP contribution is 2.26. The molecule has 0 aliphatic carbocycles. The number of rotatable bonds is 1. The molecule has 2 heteroatoms. The van der Waals surface area contributed by atoms with Crippen LogP contribution in [0.5, 0.6) is 0 Å². The van der Waals surface area contributed by atoms with Gasteiger partial charge in [-0.05, 0) is 38.0 Å². The van der Waals surface area contributed by atoms with E-state index in [-0.39, 0.29) is 0 Å². The molecule has 0 bridgehead atoms. The summed E-state index contributed by atoms with van der Waals surface area (Å²) in [5.74, 6) is 0. The molecule has 0 N–H and O–H groups in total. The van der Waals surface area contributed by atoms with Crippen molar-refractivity contribution in [2.24, 2.45) is 0 Å². The van der Waals surface area contributed by atoms with Gasteiger partial charge in [-0.3, -0.25) is 0 Å². The number of hydrogen-bond donors (Lipinski definition) is 0. The number of allylic oxidation sites excluding steroid dienone is 1. The maximum Gasteiger partial charge on any atom is 0.0907 e. The number of nitrogens with zero attached hydrogens (tertiary/aromatic N) is 1. The molecule has 0 unspecified atom stereocenters. The van der Waals surface area contributed by atoms with Crippen LogP contribution < -0.4 is 0 Å². The quantitative estimate of drug-likeness (QED) is 0.684. The van der Waals surface area contributed by atoms with Crippen molar-refractivity contribution >= 4 is 27.6 Å². The molecule has 0 atom stereocenters. The third kappa shape index (κ3) is 1.46. The second-order valence-corrected chi connectivity index (χ2v) is 4.59. The van der Waals surface area contributed by atoms with Gasteiger partial charge in [0.15, 0.2) is 0 Å². The van der Waals surface area contributed by atoms with E-state index in [1.165, 1.54) is 15.8 Å². The molecule has 0 aliphatic rings.